The molecule has 4 nitrogen and oxygen atoms in total. The summed E-state index contributed by atoms with van der Waals surface area (Å²) in [7, 11) is 0. The minimum Gasteiger partial charge on any atom is -0.348 e. The van der Waals surface area contributed by atoms with Crippen LogP contribution in [-0.4, -0.2) is 41.5 Å². The summed E-state index contributed by atoms with van der Waals surface area (Å²) in [6.45, 7) is 5.40. The zero-order valence-corrected chi connectivity index (χ0v) is 15.3. The van der Waals surface area contributed by atoms with Crippen molar-refractivity contribution in [3.63, 3.8) is 0 Å². The molecule has 3 aliphatic rings. The monoisotopic (exact) mass is 359 g/mol. The SMILES string of the molecule is Cc1csc(Sc2ccc(C(=O)NC3CN4CCC3CC4)cc2)n1. The molecule has 1 aromatic heterocycles. The van der Waals surface area contributed by atoms with Crippen LogP contribution in [0.4, 0.5) is 0 Å². The molecule has 24 heavy (non-hydrogen) atoms. The van der Waals surface area contributed by atoms with Crippen LogP contribution in [0, 0.1) is 12.8 Å². The Bertz CT molecular complexity index is 720. The van der Waals surface area contributed by atoms with Crippen LogP contribution in [-0.2, 0) is 0 Å². The third-order valence-corrected chi connectivity index (χ3v) is 6.96. The summed E-state index contributed by atoms with van der Waals surface area (Å²) in [5.74, 6) is 0.706. The molecule has 1 aromatic carbocycles. The lowest BCUT2D eigenvalue weighted by Gasteiger charge is -2.44. The van der Waals surface area contributed by atoms with E-state index in [-0.39, 0.29) is 5.91 Å². The molecule has 1 N–H and O–H groups in total. The van der Waals surface area contributed by atoms with Gasteiger partial charge in [-0.15, -0.1) is 11.3 Å². The Balaban J connectivity index is 1.38. The van der Waals surface area contributed by atoms with Gasteiger partial charge in [0.1, 0.15) is 0 Å². The lowest BCUT2D eigenvalue weighted by Crippen LogP contribution is -2.57. The van der Waals surface area contributed by atoms with Crippen LogP contribution < -0.4 is 5.32 Å². The van der Waals surface area contributed by atoms with Crippen LogP contribution >= 0.6 is 23.1 Å². The quantitative estimate of drug-likeness (QED) is 0.908. The molecule has 5 rings (SSSR count). The highest BCUT2D eigenvalue weighted by molar-refractivity contribution is 8.01. The van der Waals surface area contributed by atoms with Gasteiger partial charge in [0.15, 0.2) is 4.34 Å². The first-order valence-electron chi connectivity index (χ1n) is 8.40. The molecule has 0 saturated carbocycles. The maximum absolute atomic E-state index is 12.5. The van der Waals surface area contributed by atoms with E-state index in [1.807, 2.05) is 31.2 Å². The smallest absolute Gasteiger partial charge is 0.251 e. The normalized spacial score (nSPS) is 25.6. The third-order valence-electron chi connectivity index (χ3n) is 4.89. The molecule has 1 amide bonds. The summed E-state index contributed by atoms with van der Waals surface area (Å²) in [5.41, 5.74) is 1.79. The molecule has 2 bridgehead atoms. The van der Waals surface area contributed by atoms with Crippen molar-refractivity contribution in [2.24, 2.45) is 5.92 Å². The highest BCUT2D eigenvalue weighted by Gasteiger charge is 2.34. The van der Waals surface area contributed by atoms with Gasteiger partial charge < -0.3 is 10.2 Å². The fraction of sp³-hybridized carbons (Fsp3) is 0.444. The number of thiazole rings is 1. The first kappa shape index (κ1) is 16.1. The molecule has 0 radical (unpaired) electrons. The Morgan fingerprint density at radius 3 is 2.62 bits per heavy atom. The summed E-state index contributed by atoms with van der Waals surface area (Å²) in [5, 5.41) is 5.30. The minimum atomic E-state index is 0.0513. The molecule has 1 unspecified atom stereocenters. The molecule has 3 aliphatic heterocycles. The number of nitrogens with zero attached hydrogens (tertiary/aromatic N) is 2. The summed E-state index contributed by atoms with van der Waals surface area (Å²) in [6.07, 6.45) is 2.43. The van der Waals surface area contributed by atoms with E-state index in [1.165, 1.54) is 25.9 Å². The number of carbonyl (C=O) groups excluding carboxylic acids is 1. The largest absolute Gasteiger partial charge is 0.348 e. The van der Waals surface area contributed by atoms with Crippen molar-refractivity contribution in [2.45, 2.75) is 35.0 Å². The van der Waals surface area contributed by atoms with Gasteiger partial charge in [-0.1, -0.05) is 11.8 Å². The number of carbonyl (C=O) groups is 1. The number of aromatic nitrogens is 1. The molecule has 2 aromatic rings. The van der Waals surface area contributed by atoms with E-state index >= 15 is 0 Å². The topological polar surface area (TPSA) is 45.2 Å². The van der Waals surface area contributed by atoms with Crippen LogP contribution in [0.5, 0.6) is 0 Å². The predicted molar refractivity (Wildman–Crippen MR) is 97.8 cm³/mol. The first-order chi connectivity index (χ1) is 11.7. The number of benzene rings is 1. The molecule has 0 spiro atoms. The Kier molecular flexibility index (Phi) is 4.61. The van der Waals surface area contributed by atoms with Gasteiger partial charge in [-0.05, 0) is 63.0 Å². The highest BCUT2D eigenvalue weighted by atomic mass is 32.2. The number of hydrogen-bond acceptors (Lipinski definition) is 5. The van der Waals surface area contributed by atoms with E-state index in [0.29, 0.717) is 12.0 Å². The Hall–Kier alpha value is -1.37. The van der Waals surface area contributed by atoms with Gasteiger partial charge in [-0.3, -0.25) is 4.79 Å². The average molecular weight is 360 g/mol. The molecular formula is C18H21N3OS2. The van der Waals surface area contributed by atoms with E-state index in [0.717, 1.165) is 27.0 Å². The van der Waals surface area contributed by atoms with E-state index in [4.69, 9.17) is 0 Å². The fourth-order valence-corrected chi connectivity index (χ4v) is 5.34. The van der Waals surface area contributed by atoms with Crippen molar-refractivity contribution in [1.82, 2.24) is 15.2 Å². The molecule has 3 fully saturated rings. The number of amides is 1. The van der Waals surface area contributed by atoms with E-state index < -0.39 is 0 Å². The Labute approximate surface area is 150 Å². The number of hydrogen-bond donors (Lipinski definition) is 1. The van der Waals surface area contributed by atoms with Crippen LogP contribution in [0.15, 0.2) is 38.9 Å². The second-order valence-corrected chi connectivity index (χ2v) is 8.78. The molecule has 1 atom stereocenters. The number of nitrogens with one attached hydrogen (secondary N) is 1. The van der Waals surface area contributed by atoms with Crippen LogP contribution in [0.25, 0.3) is 0 Å². The van der Waals surface area contributed by atoms with Crippen molar-refractivity contribution >= 4 is 29.0 Å². The molecule has 126 valence electrons. The van der Waals surface area contributed by atoms with Crippen LogP contribution in [0.1, 0.15) is 28.9 Å². The van der Waals surface area contributed by atoms with Gasteiger partial charge in [-0.2, -0.15) is 0 Å². The average Bonchev–Trinajstić information content (AvgIpc) is 3.01. The number of fused-ring (bicyclic) bond motifs is 3. The number of rotatable bonds is 4. The van der Waals surface area contributed by atoms with Crippen molar-refractivity contribution in [3.8, 4) is 0 Å². The fourth-order valence-electron chi connectivity index (χ4n) is 3.53. The van der Waals surface area contributed by atoms with Gasteiger partial charge in [0.25, 0.3) is 5.91 Å². The molecular weight excluding hydrogens is 338 g/mol. The van der Waals surface area contributed by atoms with Gasteiger partial charge in [0.2, 0.25) is 0 Å². The predicted octanol–water partition coefficient (Wildman–Crippen LogP) is 3.43. The maximum atomic E-state index is 12.5. The van der Waals surface area contributed by atoms with E-state index in [9.17, 15) is 4.79 Å². The standard InChI is InChI=1S/C18H21N3OS2/c1-12-11-23-18(19-12)24-15-4-2-14(3-5-15)17(22)20-16-10-21-8-6-13(16)7-9-21/h2-5,11,13,16H,6-10H2,1H3,(H,20,22). The van der Waals surface area contributed by atoms with Crippen LogP contribution in [0.2, 0.25) is 0 Å². The van der Waals surface area contributed by atoms with Gasteiger partial charge in [0, 0.05) is 34.1 Å². The van der Waals surface area contributed by atoms with Gasteiger partial charge in [-0.25, -0.2) is 4.98 Å². The maximum Gasteiger partial charge on any atom is 0.251 e. The minimum absolute atomic E-state index is 0.0513. The lowest BCUT2D eigenvalue weighted by molar-refractivity contribution is 0.0620. The van der Waals surface area contributed by atoms with Crippen molar-refractivity contribution in [2.75, 3.05) is 19.6 Å². The van der Waals surface area contributed by atoms with Crippen molar-refractivity contribution in [1.29, 1.82) is 0 Å². The van der Waals surface area contributed by atoms with E-state index in [2.05, 4.69) is 20.6 Å². The van der Waals surface area contributed by atoms with Gasteiger partial charge >= 0.3 is 0 Å². The molecule has 6 heteroatoms. The van der Waals surface area contributed by atoms with Crippen LogP contribution in [0.3, 0.4) is 0 Å². The highest BCUT2D eigenvalue weighted by Crippen LogP contribution is 2.30. The molecule has 0 aliphatic carbocycles. The van der Waals surface area contributed by atoms with Gasteiger partial charge in [0.05, 0.1) is 0 Å². The molecule has 3 saturated heterocycles. The van der Waals surface area contributed by atoms with E-state index in [1.54, 1.807) is 23.1 Å². The third kappa shape index (κ3) is 3.50. The Morgan fingerprint density at radius 2 is 2.04 bits per heavy atom. The second-order valence-electron chi connectivity index (χ2n) is 6.60. The van der Waals surface area contributed by atoms with Crippen molar-refractivity contribution < 1.29 is 4.79 Å². The number of piperidine rings is 3. The summed E-state index contributed by atoms with van der Waals surface area (Å²) < 4.78 is 1.04. The van der Waals surface area contributed by atoms with Crippen molar-refractivity contribution in [3.05, 3.63) is 40.9 Å². The number of aryl methyl sites for hydroxylation is 1. The summed E-state index contributed by atoms with van der Waals surface area (Å²) in [4.78, 5) is 20.5. The lowest BCUT2D eigenvalue weighted by atomic mass is 9.84. The Morgan fingerprint density at radius 1 is 1.29 bits per heavy atom. The molecule has 4 heterocycles. The first-order valence-corrected chi connectivity index (χ1v) is 10.1. The zero-order chi connectivity index (χ0) is 16.5. The zero-order valence-electron chi connectivity index (χ0n) is 13.7. The summed E-state index contributed by atoms with van der Waals surface area (Å²) in [6, 6.07) is 8.16. The second kappa shape index (κ2) is 6.86. The summed E-state index contributed by atoms with van der Waals surface area (Å²) >= 11 is 3.30.